The molecular formula is C15H24Cl2N4O2S. The maximum Gasteiger partial charge on any atom is 0.254 e. The summed E-state index contributed by atoms with van der Waals surface area (Å²) in [6.45, 7) is 4.32. The van der Waals surface area contributed by atoms with Crippen molar-refractivity contribution in [2.24, 2.45) is 5.73 Å². The Hall–Kier alpha value is -1.02. The van der Waals surface area contributed by atoms with Crippen LogP contribution in [-0.4, -0.2) is 53.1 Å². The molecule has 9 heteroatoms. The van der Waals surface area contributed by atoms with Gasteiger partial charge in [0.05, 0.1) is 10.8 Å². The van der Waals surface area contributed by atoms with E-state index in [9.17, 15) is 9.59 Å². The van der Waals surface area contributed by atoms with Crippen molar-refractivity contribution in [3.63, 3.8) is 0 Å². The van der Waals surface area contributed by atoms with Gasteiger partial charge in [-0.3, -0.25) is 9.59 Å². The molecule has 0 radical (unpaired) electrons. The lowest BCUT2D eigenvalue weighted by molar-refractivity contribution is -0.129. The van der Waals surface area contributed by atoms with Crippen molar-refractivity contribution in [3.05, 3.63) is 23.9 Å². The highest BCUT2D eigenvalue weighted by atomic mass is 35.5. The molecule has 24 heavy (non-hydrogen) atoms. The second kappa shape index (κ2) is 11.5. The zero-order valence-corrected chi connectivity index (χ0v) is 16.0. The second-order valence-corrected chi connectivity index (χ2v) is 6.52. The van der Waals surface area contributed by atoms with Crippen LogP contribution in [0.3, 0.4) is 0 Å². The van der Waals surface area contributed by atoms with E-state index in [1.807, 2.05) is 11.8 Å². The highest BCUT2D eigenvalue weighted by Crippen LogP contribution is 2.26. The van der Waals surface area contributed by atoms with Crippen LogP contribution in [0.2, 0.25) is 0 Å². The third-order valence-corrected chi connectivity index (χ3v) is 4.60. The molecule has 1 aliphatic rings. The van der Waals surface area contributed by atoms with Crippen LogP contribution in [-0.2, 0) is 4.79 Å². The number of hydrogen-bond acceptors (Lipinski definition) is 5. The van der Waals surface area contributed by atoms with Crippen molar-refractivity contribution in [1.82, 2.24) is 15.2 Å². The van der Waals surface area contributed by atoms with Gasteiger partial charge >= 0.3 is 0 Å². The number of carbonyl (C=O) groups is 2. The van der Waals surface area contributed by atoms with E-state index in [0.29, 0.717) is 23.7 Å². The van der Waals surface area contributed by atoms with E-state index in [2.05, 4.69) is 10.3 Å². The Balaban J connectivity index is 0.00000264. The van der Waals surface area contributed by atoms with E-state index in [4.69, 9.17) is 5.73 Å². The molecule has 1 fully saturated rings. The molecule has 0 spiro atoms. The molecule has 3 N–H and O–H groups in total. The summed E-state index contributed by atoms with van der Waals surface area (Å²) in [4.78, 5) is 30.6. The predicted molar refractivity (Wildman–Crippen MR) is 101 cm³/mol. The van der Waals surface area contributed by atoms with Crippen LogP contribution < -0.4 is 11.1 Å². The zero-order chi connectivity index (χ0) is 15.9. The number of amides is 2. The highest BCUT2D eigenvalue weighted by Gasteiger charge is 2.25. The SMILES string of the molecule is CC(Sc1ncccc1C(=O)NCCN)C(=O)N1CCCC1.Cl.Cl. The quantitative estimate of drug-likeness (QED) is 0.716. The summed E-state index contributed by atoms with van der Waals surface area (Å²) >= 11 is 1.33. The first-order valence-electron chi connectivity index (χ1n) is 7.52. The molecule has 1 unspecified atom stereocenters. The van der Waals surface area contributed by atoms with Crippen molar-refractivity contribution in [2.45, 2.75) is 30.0 Å². The Morgan fingerprint density at radius 1 is 1.38 bits per heavy atom. The topological polar surface area (TPSA) is 88.3 Å². The molecule has 2 heterocycles. The van der Waals surface area contributed by atoms with Gasteiger partial charge in [0.1, 0.15) is 5.03 Å². The molecule has 6 nitrogen and oxygen atoms in total. The average molecular weight is 395 g/mol. The fourth-order valence-electron chi connectivity index (χ4n) is 2.35. The minimum atomic E-state index is -0.256. The smallest absolute Gasteiger partial charge is 0.254 e. The number of thioether (sulfide) groups is 1. The molecule has 1 aromatic rings. The van der Waals surface area contributed by atoms with Crippen molar-refractivity contribution >= 4 is 48.4 Å². The van der Waals surface area contributed by atoms with Gasteiger partial charge in [-0.1, -0.05) is 11.8 Å². The number of hydrogen-bond donors (Lipinski definition) is 2. The van der Waals surface area contributed by atoms with Gasteiger partial charge in [-0.05, 0) is 31.9 Å². The lowest BCUT2D eigenvalue weighted by atomic mass is 10.2. The normalized spacial score (nSPS) is 14.3. The van der Waals surface area contributed by atoms with Gasteiger partial charge in [-0.25, -0.2) is 4.98 Å². The molecule has 0 saturated carbocycles. The second-order valence-electron chi connectivity index (χ2n) is 5.19. The first kappa shape index (κ1) is 23.0. The third-order valence-electron chi connectivity index (χ3n) is 3.50. The summed E-state index contributed by atoms with van der Waals surface area (Å²) in [5.41, 5.74) is 5.89. The first-order chi connectivity index (χ1) is 10.6. The fourth-order valence-corrected chi connectivity index (χ4v) is 3.35. The summed E-state index contributed by atoms with van der Waals surface area (Å²) in [6, 6.07) is 3.43. The maximum atomic E-state index is 12.4. The number of rotatable bonds is 6. The van der Waals surface area contributed by atoms with Gasteiger partial charge in [-0.2, -0.15) is 0 Å². The van der Waals surface area contributed by atoms with Gasteiger partial charge < -0.3 is 16.0 Å². The molecule has 1 atom stereocenters. The Morgan fingerprint density at radius 2 is 2.04 bits per heavy atom. The van der Waals surface area contributed by atoms with Crippen LogP contribution in [0.25, 0.3) is 0 Å². The molecule has 2 amide bonds. The highest BCUT2D eigenvalue weighted by molar-refractivity contribution is 8.00. The Kier molecular flexibility index (Phi) is 11.0. The number of halogens is 2. The van der Waals surface area contributed by atoms with Crippen LogP contribution in [0.4, 0.5) is 0 Å². The summed E-state index contributed by atoms with van der Waals surface area (Å²) in [5, 5.41) is 3.06. The number of likely N-dealkylation sites (tertiary alicyclic amines) is 1. The van der Waals surface area contributed by atoms with E-state index in [0.717, 1.165) is 25.9 Å². The molecular weight excluding hydrogens is 371 g/mol. The van der Waals surface area contributed by atoms with Crippen LogP contribution in [0.1, 0.15) is 30.1 Å². The van der Waals surface area contributed by atoms with Crippen LogP contribution in [0.15, 0.2) is 23.4 Å². The van der Waals surface area contributed by atoms with Crippen molar-refractivity contribution in [1.29, 1.82) is 0 Å². The lowest BCUT2D eigenvalue weighted by Crippen LogP contribution is -2.34. The molecule has 136 valence electrons. The van der Waals surface area contributed by atoms with E-state index < -0.39 is 0 Å². The molecule has 0 bridgehead atoms. The van der Waals surface area contributed by atoms with E-state index in [1.54, 1.807) is 18.3 Å². The van der Waals surface area contributed by atoms with Crippen molar-refractivity contribution in [3.8, 4) is 0 Å². The maximum absolute atomic E-state index is 12.4. The molecule has 1 aromatic heterocycles. The Bertz CT molecular complexity index is 542. The van der Waals surface area contributed by atoms with Gasteiger partial charge in [-0.15, -0.1) is 24.8 Å². The Labute approximate surface area is 159 Å². The van der Waals surface area contributed by atoms with Gasteiger partial charge in [0.15, 0.2) is 0 Å². The van der Waals surface area contributed by atoms with E-state index in [1.165, 1.54) is 11.8 Å². The molecule has 1 aliphatic heterocycles. The standard InChI is InChI=1S/C15H22N4O2S.2ClH/c1-11(15(21)19-9-2-3-10-19)22-14-12(5-4-7-18-14)13(20)17-8-6-16;;/h4-5,7,11H,2-3,6,8-10,16H2,1H3,(H,17,20);2*1H. The summed E-state index contributed by atoms with van der Waals surface area (Å²) in [5.74, 6) is -0.0941. The van der Waals surface area contributed by atoms with Crippen LogP contribution in [0, 0.1) is 0 Å². The number of carbonyl (C=O) groups excluding carboxylic acids is 2. The van der Waals surface area contributed by atoms with Crippen molar-refractivity contribution in [2.75, 3.05) is 26.2 Å². The summed E-state index contributed by atoms with van der Waals surface area (Å²) < 4.78 is 0. The van der Waals surface area contributed by atoms with E-state index in [-0.39, 0.29) is 41.9 Å². The molecule has 0 aliphatic carbocycles. The van der Waals surface area contributed by atoms with Crippen LogP contribution >= 0.6 is 36.6 Å². The zero-order valence-electron chi connectivity index (χ0n) is 13.6. The minimum absolute atomic E-state index is 0. The number of pyridine rings is 1. The predicted octanol–water partition coefficient (Wildman–Crippen LogP) is 1.72. The third kappa shape index (κ3) is 6.12. The summed E-state index contributed by atoms with van der Waals surface area (Å²) in [7, 11) is 0. The Morgan fingerprint density at radius 3 is 2.67 bits per heavy atom. The van der Waals surface area contributed by atoms with Crippen molar-refractivity contribution < 1.29 is 9.59 Å². The average Bonchev–Trinajstić information content (AvgIpc) is 3.06. The molecule has 2 rings (SSSR count). The number of nitrogens with one attached hydrogen (secondary N) is 1. The van der Waals surface area contributed by atoms with Crippen LogP contribution in [0.5, 0.6) is 0 Å². The minimum Gasteiger partial charge on any atom is -0.351 e. The molecule has 1 saturated heterocycles. The largest absolute Gasteiger partial charge is 0.351 e. The monoisotopic (exact) mass is 394 g/mol. The number of aromatic nitrogens is 1. The van der Waals surface area contributed by atoms with Gasteiger partial charge in [0.25, 0.3) is 5.91 Å². The summed E-state index contributed by atoms with van der Waals surface area (Å²) in [6.07, 6.45) is 3.77. The fraction of sp³-hybridized carbons (Fsp3) is 0.533. The number of nitrogens with zero attached hydrogens (tertiary/aromatic N) is 2. The van der Waals surface area contributed by atoms with E-state index >= 15 is 0 Å². The first-order valence-corrected chi connectivity index (χ1v) is 8.40. The van der Waals surface area contributed by atoms with Gasteiger partial charge in [0, 0.05) is 32.4 Å². The van der Waals surface area contributed by atoms with Gasteiger partial charge in [0.2, 0.25) is 5.91 Å². The molecule has 0 aromatic carbocycles. The lowest BCUT2D eigenvalue weighted by Gasteiger charge is -2.20. The number of nitrogens with two attached hydrogens (primary N) is 1.